The van der Waals surface area contributed by atoms with Crippen molar-refractivity contribution >= 4 is 34.1 Å². The van der Waals surface area contributed by atoms with Crippen molar-refractivity contribution in [2.24, 2.45) is 0 Å². The Bertz CT molecular complexity index is 1280. The third kappa shape index (κ3) is 4.05. The van der Waals surface area contributed by atoms with E-state index in [4.69, 9.17) is 11.6 Å². The monoisotopic (exact) mass is 403 g/mol. The van der Waals surface area contributed by atoms with E-state index < -0.39 is 5.91 Å². The van der Waals surface area contributed by atoms with E-state index in [9.17, 15) is 9.59 Å². The molecular formula is C23H18ClN3O2. The fourth-order valence-electron chi connectivity index (χ4n) is 3.27. The Hall–Kier alpha value is -3.44. The molecule has 144 valence electrons. The van der Waals surface area contributed by atoms with Crippen molar-refractivity contribution < 1.29 is 4.79 Å². The number of benzene rings is 2. The molecule has 0 atom stereocenters. The molecule has 2 aromatic carbocycles. The van der Waals surface area contributed by atoms with Crippen LogP contribution in [-0.4, -0.2) is 15.5 Å². The summed E-state index contributed by atoms with van der Waals surface area (Å²) >= 11 is 6.03. The van der Waals surface area contributed by atoms with E-state index in [1.807, 2.05) is 43.3 Å². The predicted octanol–water partition coefficient (Wildman–Crippen LogP) is 4.66. The first-order valence-electron chi connectivity index (χ1n) is 9.13. The summed E-state index contributed by atoms with van der Waals surface area (Å²) < 4.78 is 1.50. The minimum Gasteiger partial charge on any atom is -0.321 e. The van der Waals surface area contributed by atoms with Crippen LogP contribution in [0, 0.1) is 6.92 Å². The van der Waals surface area contributed by atoms with Crippen molar-refractivity contribution in [1.82, 2.24) is 9.55 Å². The van der Waals surface area contributed by atoms with Crippen molar-refractivity contribution in [3.8, 4) is 0 Å². The van der Waals surface area contributed by atoms with Gasteiger partial charge >= 0.3 is 0 Å². The number of pyridine rings is 2. The summed E-state index contributed by atoms with van der Waals surface area (Å²) in [7, 11) is 0. The average Bonchev–Trinajstić information content (AvgIpc) is 2.69. The quantitative estimate of drug-likeness (QED) is 0.539. The summed E-state index contributed by atoms with van der Waals surface area (Å²) in [6.45, 7) is 2.19. The van der Waals surface area contributed by atoms with E-state index in [0.717, 1.165) is 22.2 Å². The van der Waals surface area contributed by atoms with Gasteiger partial charge in [0.1, 0.15) is 5.56 Å². The molecule has 5 nitrogen and oxygen atoms in total. The van der Waals surface area contributed by atoms with Crippen LogP contribution in [0.1, 0.15) is 21.6 Å². The zero-order valence-corrected chi connectivity index (χ0v) is 16.5. The van der Waals surface area contributed by atoms with E-state index >= 15 is 0 Å². The molecule has 0 spiro atoms. The Morgan fingerprint density at radius 1 is 1.07 bits per heavy atom. The van der Waals surface area contributed by atoms with Crippen LogP contribution in [0.2, 0.25) is 5.02 Å². The van der Waals surface area contributed by atoms with Crippen LogP contribution >= 0.6 is 11.6 Å². The van der Waals surface area contributed by atoms with Crippen molar-refractivity contribution in [1.29, 1.82) is 0 Å². The van der Waals surface area contributed by atoms with Gasteiger partial charge in [-0.2, -0.15) is 0 Å². The molecule has 0 saturated heterocycles. The number of halogens is 1. The van der Waals surface area contributed by atoms with Crippen LogP contribution in [0.5, 0.6) is 0 Å². The molecule has 0 aliphatic rings. The number of rotatable bonds is 4. The third-order valence-corrected chi connectivity index (χ3v) is 4.83. The van der Waals surface area contributed by atoms with Crippen LogP contribution in [0.3, 0.4) is 0 Å². The van der Waals surface area contributed by atoms with Gasteiger partial charge in [0.15, 0.2) is 0 Å². The predicted molar refractivity (Wildman–Crippen MR) is 116 cm³/mol. The highest BCUT2D eigenvalue weighted by Gasteiger charge is 2.14. The normalized spacial score (nSPS) is 10.8. The number of aromatic nitrogens is 2. The Morgan fingerprint density at radius 3 is 2.72 bits per heavy atom. The second kappa shape index (κ2) is 7.89. The van der Waals surface area contributed by atoms with Gasteiger partial charge in [-0.15, -0.1) is 0 Å². The average molecular weight is 404 g/mol. The molecule has 0 radical (unpaired) electrons. The summed E-state index contributed by atoms with van der Waals surface area (Å²) in [6, 6.07) is 19.9. The summed E-state index contributed by atoms with van der Waals surface area (Å²) in [5.74, 6) is -0.453. The summed E-state index contributed by atoms with van der Waals surface area (Å²) in [5.41, 5.74) is 2.79. The molecule has 0 saturated carbocycles. The van der Waals surface area contributed by atoms with Gasteiger partial charge in [-0.3, -0.25) is 14.6 Å². The van der Waals surface area contributed by atoms with Gasteiger partial charge < -0.3 is 9.88 Å². The Balaban J connectivity index is 1.66. The number of hydrogen-bond donors (Lipinski definition) is 1. The van der Waals surface area contributed by atoms with Gasteiger partial charge in [0.05, 0.1) is 17.7 Å². The molecule has 6 heteroatoms. The second-order valence-corrected chi connectivity index (χ2v) is 7.20. The van der Waals surface area contributed by atoms with Crippen LogP contribution in [-0.2, 0) is 6.54 Å². The minimum absolute atomic E-state index is 0.0769. The molecule has 2 heterocycles. The first-order valence-corrected chi connectivity index (χ1v) is 9.51. The van der Waals surface area contributed by atoms with Crippen molar-refractivity contribution in [3.05, 3.63) is 105 Å². The maximum atomic E-state index is 12.9. The minimum atomic E-state index is -0.453. The lowest BCUT2D eigenvalue weighted by atomic mass is 10.1. The maximum absolute atomic E-state index is 12.9. The molecule has 29 heavy (non-hydrogen) atoms. The fourth-order valence-corrected chi connectivity index (χ4v) is 3.48. The van der Waals surface area contributed by atoms with E-state index in [0.29, 0.717) is 17.3 Å². The highest BCUT2D eigenvalue weighted by molar-refractivity contribution is 6.30. The van der Waals surface area contributed by atoms with Crippen LogP contribution in [0.25, 0.3) is 10.9 Å². The highest BCUT2D eigenvalue weighted by atomic mass is 35.5. The number of nitrogens with zero attached hydrogens (tertiary/aromatic N) is 2. The number of aryl methyl sites for hydroxylation is 1. The highest BCUT2D eigenvalue weighted by Crippen LogP contribution is 2.23. The number of anilines is 1. The van der Waals surface area contributed by atoms with Crippen molar-refractivity contribution in [2.75, 3.05) is 5.32 Å². The van der Waals surface area contributed by atoms with Crippen LogP contribution in [0.4, 0.5) is 5.69 Å². The molecule has 0 aliphatic heterocycles. The Kier molecular flexibility index (Phi) is 5.14. The van der Waals surface area contributed by atoms with Crippen LogP contribution in [0.15, 0.2) is 77.7 Å². The number of hydrogen-bond acceptors (Lipinski definition) is 3. The largest absolute Gasteiger partial charge is 0.321 e. The Labute approximate surface area is 172 Å². The number of nitrogens with one attached hydrogen (secondary N) is 1. The number of fused-ring (bicyclic) bond motifs is 1. The maximum Gasteiger partial charge on any atom is 0.263 e. The number of carbonyl (C=O) groups excluding carboxylic acids is 1. The van der Waals surface area contributed by atoms with Gasteiger partial charge in [0.25, 0.3) is 11.5 Å². The SMILES string of the molecule is Cc1cc(NC(=O)c2cccn(Cc3cccc(Cl)c3)c2=O)c2ccccc2n1. The zero-order valence-electron chi connectivity index (χ0n) is 15.7. The summed E-state index contributed by atoms with van der Waals surface area (Å²) in [6.07, 6.45) is 1.66. The molecule has 0 fully saturated rings. The zero-order chi connectivity index (χ0) is 20.4. The van der Waals surface area contributed by atoms with Gasteiger partial charge in [-0.1, -0.05) is 41.9 Å². The molecule has 0 unspecified atom stereocenters. The topological polar surface area (TPSA) is 64.0 Å². The lowest BCUT2D eigenvalue weighted by Crippen LogP contribution is -2.29. The van der Waals surface area contributed by atoms with Crippen molar-refractivity contribution in [3.63, 3.8) is 0 Å². The first-order chi connectivity index (χ1) is 14.0. The van der Waals surface area contributed by atoms with Gasteiger partial charge in [0.2, 0.25) is 0 Å². The van der Waals surface area contributed by atoms with Gasteiger partial charge in [0, 0.05) is 22.3 Å². The molecular weight excluding hydrogens is 386 g/mol. The summed E-state index contributed by atoms with van der Waals surface area (Å²) in [5, 5.41) is 4.29. The molecule has 1 amide bonds. The molecule has 1 N–H and O–H groups in total. The van der Waals surface area contributed by atoms with Crippen molar-refractivity contribution in [2.45, 2.75) is 13.5 Å². The molecule has 4 rings (SSSR count). The van der Waals surface area contributed by atoms with E-state index in [2.05, 4.69) is 10.3 Å². The molecule has 0 bridgehead atoms. The number of amides is 1. The van der Waals surface area contributed by atoms with E-state index in [1.165, 1.54) is 10.6 Å². The molecule has 0 aliphatic carbocycles. The number of carbonyl (C=O) groups is 1. The number of para-hydroxylation sites is 1. The lowest BCUT2D eigenvalue weighted by molar-refractivity contribution is 0.102. The van der Waals surface area contributed by atoms with Gasteiger partial charge in [-0.05, 0) is 48.9 Å². The fraction of sp³-hybridized carbons (Fsp3) is 0.0870. The first kappa shape index (κ1) is 18.9. The summed E-state index contributed by atoms with van der Waals surface area (Å²) in [4.78, 5) is 30.2. The lowest BCUT2D eigenvalue weighted by Gasteiger charge is -2.11. The second-order valence-electron chi connectivity index (χ2n) is 6.77. The van der Waals surface area contributed by atoms with E-state index in [-0.39, 0.29) is 11.1 Å². The van der Waals surface area contributed by atoms with Crippen LogP contribution < -0.4 is 10.9 Å². The van der Waals surface area contributed by atoms with E-state index in [1.54, 1.807) is 30.5 Å². The van der Waals surface area contributed by atoms with Gasteiger partial charge in [-0.25, -0.2) is 0 Å². The molecule has 4 aromatic rings. The Morgan fingerprint density at radius 2 is 1.90 bits per heavy atom. The standard InChI is InChI=1S/C23H18ClN3O2/c1-15-12-21(18-8-2-3-10-20(18)25-15)26-22(28)19-9-5-11-27(23(19)29)14-16-6-4-7-17(24)13-16/h2-13H,14H2,1H3,(H,25,26,28). The third-order valence-electron chi connectivity index (χ3n) is 4.60. The molecule has 2 aromatic heterocycles. The smallest absolute Gasteiger partial charge is 0.263 e.